The summed E-state index contributed by atoms with van der Waals surface area (Å²) < 4.78 is 2.26. The summed E-state index contributed by atoms with van der Waals surface area (Å²) in [5.41, 5.74) is 3.57. The molecule has 174 valence electrons. The van der Waals surface area contributed by atoms with Gasteiger partial charge in [-0.3, -0.25) is 20.0 Å². The van der Waals surface area contributed by atoms with E-state index in [0.29, 0.717) is 11.6 Å². The summed E-state index contributed by atoms with van der Waals surface area (Å²) >= 11 is 0. The second-order valence-electron chi connectivity index (χ2n) is 9.06. The Morgan fingerprint density at radius 1 is 1.18 bits per heavy atom. The summed E-state index contributed by atoms with van der Waals surface area (Å²) in [6.07, 6.45) is 9.53. The van der Waals surface area contributed by atoms with Gasteiger partial charge < -0.3 is 9.47 Å². The van der Waals surface area contributed by atoms with Gasteiger partial charge in [-0.05, 0) is 64.2 Å². The van der Waals surface area contributed by atoms with Gasteiger partial charge in [-0.1, -0.05) is 36.8 Å². The molecule has 1 aliphatic rings. The highest BCUT2D eigenvalue weighted by Crippen LogP contribution is 2.32. The molecule has 3 aromatic rings. The smallest absolute Gasteiger partial charge is 0.276 e. The number of para-hydroxylation sites is 1. The minimum Gasteiger partial charge on any atom is -0.306 e. The van der Waals surface area contributed by atoms with Gasteiger partial charge in [0.15, 0.2) is 0 Å². The van der Waals surface area contributed by atoms with E-state index in [2.05, 4.69) is 63.9 Å². The van der Waals surface area contributed by atoms with Crippen LogP contribution < -0.4 is 5.32 Å². The third kappa shape index (κ3) is 5.67. The number of fused-ring (bicyclic) bond motifs is 1. The molecule has 0 aliphatic carbocycles. The maximum atomic E-state index is 12.9. The molecule has 33 heavy (non-hydrogen) atoms. The Bertz CT molecular complexity index is 1100. The van der Waals surface area contributed by atoms with Gasteiger partial charge in [0.25, 0.3) is 5.91 Å². The van der Waals surface area contributed by atoms with E-state index < -0.39 is 0 Å². The molecule has 1 N–H and O–H groups in total. The Morgan fingerprint density at radius 3 is 2.85 bits per heavy atom. The lowest BCUT2D eigenvalue weighted by atomic mass is 10.1. The number of likely N-dealkylation sites (N-methyl/N-ethyl adjacent to an activating group) is 1. The number of imidazole rings is 1. The molecule has 7 nitrogen and oxygen atoms in total. The Labute approximate surface area is 196 Å². The number of likely N-dealkylation sites (tertiary alicyclic amines) is 1. The molecule has 1 atom stereocenters. The number of hydrogen-bond donors (Lipinski definition) is 1. The molecule has 1 unspecified atom stereocenters. The predicted molar refractivity (Wildman–Crippen MR) is 134 cm³/mol. The number of amides is 1. The van der Waals surface area contributed by atoms with Crippen molar-refractivity contribution >= 4 is 22.9 Å². The first-order valence-corrected chi connectivity index (χ1v) is 11.7. The van der Waals surface area contributed by atoms with Crippen LogP contribution in [0.4, 0.5) is 5.95 Å². The highest BCUT2D eigenvalue weighted by molar-refractivity contribution is 6.02. The van der Waals surface area contributed by atoms with Crippen molar-refractivity contribution in [1.29, 1.82) is 0 Å². The fourth-order valence-electron chi connectivity index (χ4n) is 4.51. The average Bonchev–Trinajstić information content (AvgIpc) is 3.01. The van der Waals surface area contributed by atoms with Crippen molar-refractivity contribution in [2.24, 2.45) is 0 Å². The normalized spacial score (nSPS) is 17.6. The van der Waals surface area contributed by atoms with Crippen LogP contribution in [0.2, 0.25) is 0 Å². The number of carbonyl (C=O) groups excluding carboxylic acids is 1. The molecule has 4 rings (SSSR count). The highest BCUT2D eigenvalue weighted by Gasteiger charge is 2.25. The van der Waals surface area contributed by atoms with Crippen molar-refractivity contribution in [3.63, 3.8) is 0 Å². The van der Waals surface area contributed by atoms with E-state index in [4.69, 9.17) is 4.98 Å². The van der Waals surface area contributed by atoms with Gasteiger partial charge in [-0.25, -0.2) is 4.98 Å². The number of rotatable bonds is 7. The van der Waals surface area contributed by atoms with E-state index in [1.165, 1.54) is 12.0 Å². The summed E-state index contributed by atoms with van der Waals surface area (Å²) in [6, 6.07) is 11.7. The van der Waals surface area contributed by atoms with Gasteiger partial charge in [-0.15, -0.1) is 0 Å². The van der Waals surface area contributed by atoms with Crippen LogP contribution in [0.3, 0.4) is 0 Å². The fourth-order valence-corrected chi connectivity index (χ4v) is 4.51. The summed E-state index contributed by atoms with van der Waals surface area (Å²) in [5.74, 6) is 0.367. The number of nitrogens with one attached hydrogen (secondary N) is 1. The van der Waals surface area contributed by atoms with E-state index >= 15 is 0 Å². The molecular weight excluding hydrogens is 412 g/mol. The first-order valence-electron chi connectivity index (χ1n) is 11.7. The lowest BCUT2D eigenvalue weighted by Gasteiger charge is -2.26. The van der Waals surface area contributed by atoms with Crippen molar-refractivity contribution in [2.45, 2.75) is 32.2 Å². The van der Waals surface area contributed by atoms with Crippen molar-refractivity contribution in [3.05, 3.63) is 66.0 Å². The Balaban J connectivity index is 1.64. The van der Waals surface area contributed by atoms with Crippen molar-refractivity contribution in [2.75, 3.05) is 45.6 Å². The van der Waals surface area contributed by atoms with E-state index in [1.54, 1.807) is 12.3 Å². The maximum Gasteiger partial charge on any atom is 0.276 e. The summed E-state index contributed by atoms with van der Waals surface area (Å²) in [4.78, 5) is 26.6. The quantitative estimate of drug-likeness (QED) is 0.553. The number of anilines is 1. The standard InChI is InChI=1S/C26H34N6O/c1-20-11-10-14-22-24(20)32(26(28-22)29-25(33)23-13-4-6-15-27-23)21-12-5-7-17-31(19-21)18-9-8-16-30(2)3/h4,6,8-11,13-15,21H,5,7,12,16-19H2,1-3H3,(H,28,29,33)/b9-8+. The number of aromatic nitrogens is 3. The molecule has 1 saturated heterocycles. The molecule has 2 aromatic heterocycles. The van der Waals surface area contributed by atoms with Crippen LogP contribution in [0.5, 0.6) is 0 Å². The molecule has 0 spiro atoms. The molecule has 1 amide bonds. The number of hydrogen-bond acceptors (Lipinski definition) is 5. The van der Waals surface area contributed by atoms with Gasteiger partial charge in [0, 0.05) is 31.9 Å². The Morgan fingerprint density at radius 2 is 2.06 bits per heavy atom. The molecule has 0 saturated carbocycles. The number of benzene rings is 1. The molecule has 1 aromatic carbocycles. The first-order chi connectivity index (χ1) is 16.0. The summed E-state index contributed by atoms with van der Waals surface area (Å²) in [7, 11) is 4.17. The zero-order chi connectivity index (χ0) is 23.2. The SMILES string of the molecule is Cc1cccc2nc(NC(=O)c3ccccn3)n(C3CCCCN(C/C=C/CN(C)C)C3)c12. The predicted octanol–water partition coefficient (Wildman–Crippen LogP) is 4.14. The molecule has 0 radical (unpaired) electrons. The van der Waals surface area contributed by atoms with Crippen molar-refractivity contribution in [3.8, 4) is 0 Å². The molecule has 0 bridgehead atoms. The molecule has 7 heteroatoms. The van der Waals surface area contributed by atoms with E-state index in [1.807, 2.05) is 24.3 Å². The number of aryl methyl sites for hydroxylation is 1. The third-order valence-corrected chi connectivity index (χ3v) is 6.13. The average molecular weight is 447 g/mol. The summed E-state index contributed by atoms with van der Waals surface area (Å²) in [6.45, 7) is 6.02. The topological polar surface area (TPSA) is 66.3 Å². The van der Waals surface area contributed by atoms with E-state index in [-0.39, 0.29) is 11.9 Å². The Kier molecular flexibility index (Phi) is 7.52. The molecule has 3 heterocycles. The molecule has 1 fully saturated rings. The highest BCUT2D eigenvalue weighted by atomic mass is 16.2. The Hall–Kier alpha value is -3.03. The van der Waals surface area contributed by atoms with Crippen molar-refractivity contribution in [1.82, 2.24) is 24.3 Å². The van der Waals surface area contributed by atoms with Crippen LogP contribution in [0.1, 0.15) is 41.4 Å². The lowest BCUT2D eigenvalue weighted by Crippen LogP contribution is -2.31. The van der Waals surface area contributed by atoms with E-state index in [9.17, 15) is 4.79 Å². The zero-order valence-electron chi connectivity index (χ0n) is 19.9. The number of carbonyl (C=O) groups is 1. The lowest BCUT2D eigenvalue weighted by molar-refractivity contribution is 0.102. The zero-order valence-corrected chi connectivity index (χ0v) is 19.9. The fraction of sp³-hybridized carbons (Fsp3) is 0.423. The molecular formula is C26H34N6O. The van der Waals surface area contributed by atoms with Crippen LogP contribution >= 0.6 is 0 Å². The van der Waals surface area contributed by atoms with Crippen LogP contribution in [0, 0.1) is 6.92 Å². The van der Waals surface area contributed by atoms with Gasteiger partial charge in [0.2, 0.25) is 5.95 Å². The maximum absolute atomic E-state index is 12.9. The van der Waals surface area contributed by atoms with Crippen LogP contribution in [-0.2, 0) is 0 Å². The van der Waals surface area contributed by atoms with Gasteiger partial charge >= 0.3 is 0 Å². The second kappa shape index (κ2) is 10.7. The molecule has 1 aliphatic heterocycles. The van der Waals surface area contributed by atoms with Crippen molar-refractivity contribution < 1.29 is 4.79 Å². The van der Waals surface area contributed by atoms with Crippen LogP contribution in [0.15, 0.2) is 54.7 Å². The van der Waals surface area contributed by atoms with Crippen LogP contribution in [0.25, 0.3) is 11.0 Å². The van der Waals surface area contributed by atoms with Crippen LogP contribution in [-0.4, -0.2) is 70.5 Å². The van der Waals surface area contributed by atoms with Gasteiger partial charge in [0.1, 0.15) is 5.69 Å². The summed E-state index contributed by atoms with van der Waals surface area (Å²) in [5, 5.41) is 3.05. The number of nitrogens with zero attached hydrogens (tertiary/aromatic N) is 5. The largest absolute Gasteiger partial charge is 0.306 e. The minimum atomic E-state index is -0.234. The van der Waals surface area contributed by atoms with Gasteiger partial charge in [-0.2, -0.15) is 0 Å². The van der Waals surface area contributed by atoms with Gasteiger partial charge in [0.05, 0.1) is 11.0 Å². The monoisotopic (exact) mass is 446 g/mol. The van der Waals surface area contributed by atoms with E-state index in [0.717, 1.165) is 50.1 Å². The first kappa shape index (κ1) is 23.1. The third-order valence-electron chi connectivity index (χ3n) is 6.13. The number of pyridine rings is 1. The second-order valence-corrected chi connectivity index (χ2v) is 9.06. The minimum absolute atomic E-state index is 0.234.